The number of carbonyl (C=O) groups excluding carboxylic acids is 3. The molecule has 4 aliphatic heterocycles. The SMILES string of the molecule is O=C(OC(Cc1ccc(Cl)c(Cl)c1)C(=O)N1CCC(N2CCN(CC3CC3)CC2)CC1)N1CCC(N2CCc3ccccc3NC2=O)CC1. The van der Waals surface area contributed by atoms with Crippen LogP contribution in [0.3, 0.4) is 0 Å². The summed E-state index contributed by atoms with van der Waals surface area (Å²) in [6.07, 6.45) is 5.44. The van der Waals surface area contributed by atoms with E-state index in [2.05, 4.69) is 15.1 Å². The van der Waals surface area contributed by atoms with E-state index in [0.29, 0.717) is 61.7 Å². The predicted molar refractivity (Wildman–Crippen MR) is 191 cm³/mol. The van der Waals surface area contributed by atoms with Gasteiger partial charge in [0.15, 0.2) is 6.10 Å². The molecule has 1 saturated carbocycles. The maximum Gasteiger partial charge on any atom is 0.410 e. The molecule has 49 heavy (non-hydrogen) atoms. The van der Waals surface area contributed by atoms with Gasteiger partial charge in [0.25, 0.3) is 5.91 Å². The van der Waals surface area contributed by atoms with Gasteiger partial charge in [0, 0.05) is 89.6 Å². The lowest BCUT2D eigenvalue weighted by Crippen LogP contribution is -2.55. The molecule has 12 heteroatoms. The topological polar surface area (TPSA) is 88.7 Å². The first kappa shape index (κ1) is 34.4. The van der Waals surface area contributed by atoms with Gasteiger partial charge in [-0.1, -0.05) is 47.5 Å². The van der Waals surface area contributed by atoms with Crippen molar-refractivity contribution in [1.82, 2.24) is 24.5 Å². The number of urea groups is 1. The number of rotatable bonds is 8. The zero-order valence-corrected chi connectivity index (χ0v) is 29.7. The van der Waals surface area contributed by atoms with Crippen molar-refractivity contribution in [1.29, 1.82) is 0 Å². The van der Waals surface area contributed by atoms with Gasteiger partial charge in [0.05, 0.1) is 10.0 Å². The van der Waals surface area contributed by atoms with Crippen molar-refractivity contribution in [2.45, 2.75) is 69.6 Å². The fourth-order valence-corrected chi connectivity index (χ4v) is 8.31. The Morgan fingerprint density at radius 3 is 2.20 bits per heavy atom. The number of anilines is 1. The minimum Gasteiger partial charge on any atom is -0.436 e. The van der Waals surface area contributed by atoms with E-state index in [0.717, 1.165) is 68.2 Å². The Morgan fingerprint density at radius 2 is 1.49 bits per heavy atom. The molecular weight excluding hydrogens is 663 g/mol. The fourth-order valence-electron chi connectivity index (χ4n) is 7.99. The predicted octanol–water partition coefficient (Wildman–Crippen LogP) is 5.61. The molecular formula is C37H48Cl2N6O4. The van der Waals surface area contributed by atoms with Crippen molar-refractivity contribution >= 4 is 46.9 Å². The van der Waals surface area contributed by atoms with Gasteiger partial charge >= 0.3 is 12.1 Å². The van der Waals surface area contributed by atoms with E-state index >= 15 is 0 Å². The number of piperidine rings is 2. The number of hydrogen-bond donors (Lipinski definition) is 1. The Kier molecular flexibility index (Phi) is 10.9. The van der Waals surface area contributed by atoms with Gasteiger partial charge in [-0.25, -0.2) is 9.59 Å². The van der Waals surface area contributed by atoms with Crippen molar-refractivity contribution < 1.29 is 19.1 Å². The monoisotopic (exact) mass is 710 g/mol. The van der Waals surface area contributed by atoms with Crippen molar-refractivity contribution in [3.8, 4) is 0 Å². The summed E-state index contributed by atoms with van der Waals surface area (Å²) in [5.41, 5.74) is 2.77. The second kappa shape index (κ2) is 15.5. The number of amides is 4. The van der Waals surface area contributed by atoms with Crippen LogP contribution in [-0.2, 0) is 22.4 Å². The van der Waals surface area contributed by atoms with Gasteiger partial charge in [0.2, 0.25) is 0 Å². The van der Waals surface area contributed by atoms with E-state index in [4.69, 9.17) is 27.9 Å². The number of para-hydroxylation sites is 1. The van der Waals surface area contributed by atoms with E-state index < -0.39 is 12.2 Å². The summed E-state index contributed by atoms with van der Waals surface area (Å²) >= 11 is 12.5. The Hall–Kier alpha value is -3.05. The maximum absolute atomic E-state index is 14.0. The van der Waals surface area contributed by atoms with Crippen LogP contribution >= 0.6 is 23.2 Å². The molecule has 3 saturated heterocycles. The maximum atomic E-state index is 14.0. The van der Waals surface area contributed by atoms with E-state index in [9.17, 15) is 14.4 Å². The summed E-state index contributed by atoms with van der Waals surface area (Å²) in [5, 5.41) is 3.89. The van der Waals surface area contributed by atoms with E-state index in [1.807, 2.05) is 40.1 Å². The van der Waals surface area contributed by atoms with Crippen LogP contribution in [-0.4, -0.2) is 126 Å². The molecule has 1 aliphatic carbocycles. The summed E-state index contributed by atoms with van der Waals surface area (Å²) in [5.74, 6) is 0.757. The van der Waals surface area contributed by atoms with Crippen LogP contribution in [0.1, 0.15) is 49.7 Å². The number of ether oxygens (including phenoxy) is 1. The lowest BCUT2D eigenvalue weighted by atomic mass is 10.0. The minimum absolute atomic E-state index is 0.0227. The summed E-state index contributed by atoms with van der Waals surface area (Å²) in [7, 11) is 0. The van der Waals surface area contributed by atoms with E-state index in [1.54, 1.807) is 17.0 Å². The van der Waals surface area contributed by atoms with Gasteiger partial charge in [0.1, 0.15) is 0 Å². The first-order chi connectivity index (χ1) is 23.8. The van der Waals surface area contributed by atoms with Crippen molar-refractivity contribution in [2.24, 2.45) is 5.92 Å². The van der Waals surface area contributed by atoms with Gasteiger partial charge in [-0.3, -0.25) is 9.69 Å². The first-order valence-corrected chi connectivity index (χ1v) is 18.9. The molecule has 4 heterocycles. The third kappa shape index (κ3) is 8.47. The molecule has 0 bridgehead atoms. The van der Waals surface area contributed by atoms with Crippen LogP contribution in [0.15, 0.2) is 42.5 Å². The second-order valence-electron chi connectivity index (χ2n) is 14.4. The van der Waals surface area contributed by atoms with Crippen LogP contribution in [0, 0.1) is 5.92 Å². The molecule has 0 aromatic heterocycles. The highest BCUT2D eigenvalue weighted by atomic mass is 35.5. The first-order valence-electron chi connectivity index (χ1n) is 18.1. The molecule has 1 atom stereocenters. The Bertz CT molecular complexity index is 1500. The Balaban J connectivity index is 0.942. The molecule has 0 spiro atoms. The molecule has 10 nitrogen and oxygen atoms in total. The highest BCUT2D eigenvalue weighted by Crippen LogP contribution is 2.31. The average Bonchev–Trinajstić information content (AvgIpc) is 3.96. The number of carbonyl (C=O) groups is 3. The smallest absolute Gasteiger partial charge is 0.410 e. The van der Waals surface area contributed by atoms with Crippen molar-refractivity contribution in [3.05, 3.63) is 63.6 Å². The number of fused-ring (bicyclic) bond motifs is 1. The van der Waals surface area contributed by atoms with Crippen LogP contribution in [0.5, 0.6) is 0 Å². The summed E-state index contributed by atoms with van der Waals surface area (Å²) < 4.78 is 6.05. The largest absolute Gasteiger partial charge is 0.436 e. The van der Waals surface area contributed by atoms with Crippen LogP contribution in [0.25, 0.3) is 0 Å². The Labute approximate surface area is 299 Å². The average molecular weight is 712 g/mol. The number of halogens is 2. The van der Waals surface area contributed by atoms with Crippen LogP contribution < -0.4 is 5.32 Å². The summed E-state index contributed by atoms with van der Waals surface area (Å²) in [6.45, 7) is 8.53. The number of piperazine rings is 1. The minimum atomic E-state index is -0.972. The standard InChI is InChI=1S/C37H48Cl2N6O4/c38-31-8-7-27(23-32(31)39)24-34(35(46)43-14-10-29(11-15-43)42-21-19-41(20-22-42)25-26-5-6-26)49-37(48)44-16-12-30(13-17-44)45-18-9-28-3-1-2-4-33(28)40-36(45)47/h1-4,7-8,23,26,29-30,34H,5-6,9-22,24-25H2,(H,40,47). The van der Waals surface area contributed by atoms with Crippen molar-refractivity contribution in [3.63, 3.8) is 0 Å². The van der Waals surface area contributed by atoms with Gasteiger partial charge in [-0.15, -0.1) is 0 Å². The van der Waals surface area contributed by atoms with E-state index in [-0.39, 0.29) is 24.4 Å². The zero-order chi connectivity index (χ0) is 33.9. The normalized spacial score (nSPS) is 22.3. The quantitative estimate of drug-likeness (QED) is 0.383. The number of benzene rings is 2. The summed E-state index contributed by atoms with van der Waals surface area (Å²) in [6, 6.07) is 13.6. The molecule has 7 rings (SSSR count). The van der Waals surface area contributed by atoms with Crippen LogP contribution in [0.4, 0.5) is 15.3 Å². The fraction of sp³-hybridized carbons (Fsp3) is 0.595. The third-order valence-corrected chi connectivity index (χ3v) is 11.9. The van der Waals surface area contributed by atoms with Crippen molar-refractivity contribution in [2.75, 3.05) is 70.8 Å². The highest BCUT2D eigenvalue weighted by Gasteiger charge is 2.37. The lowest BCUT2D eigenvalue weighted by Gasteiger charge is -2.43. The van der Waals surface area contributed by atoms with Gasteiger partial charge in [-0.2, -0.15) is 0 Å². The molecule has 2 aromatic carbocycles. The zero-order valence-electron chi connectivity index (χ0n) is 28.2. The molecule has 4 amide bonds. The molecule has 264 valence electrons. The summed E-state index contributed by atoms with van der Waals surface area (Å²) in [4.78, 5) is 51.4. The van der Waals surface area contributed by atoms with Gasteiger partial charge in [-0.05, 0) is 80.2 Å². The van der Waals surface area contributed by atoms with Gasteiger partial charge < -0.3 is 29.7 Å². The Morgan fingerprint density at radius 1 is 0.796 bits per heavy atom. The number of likely N-dealkylation sites (tertiary alicyclic amines) is 2. The second-order valence-corrected chi connectivity index (χ2v) is 15.2. The molecule has 1 N–H and O–H groups in total. The highest BCUT2D eigenvalue weighted by molar-refractivity contribution is 6.42. The van der Waals surface area contributed by atoms with E-state index in [1.165, 1.54) is 19.4 Å². The molecule has 5 aliphatic rings. The van der Waals surface area contributed by atoms with Crippen LogP contribution in [0.2, 0.25) is 10.0 Å². The molecule has 1 unspecified atom stereocenters. The molecule has 4 fully saturated rings. The third-order valence-electron chi connectivity index (χ3n) is 11.1. The lowest BCUT2D eigenvalue weighted by molar-refractivity contribution is -0.142. The number of nitrogens with one attached hydrogen (secondary N) is 1. The number of hydrogen-bond acceptors (Lipinski definition) is 6. The molecule has 2 aromatic rings. The number of nitrogens with zero attached hydrogens (tertiary/aromatic N) is 5. The molecule has 0 radical (unpaired) electrons.